The molecule has 10 rings (SSSR count). The van der Waals surface area contributed by atoms with E-state index in [1.807, 2.05) is 24.3 Å². The maximum absolute atomic E-state index is 6.12. The van der Waals surface area contributed by atoms with Gasteiger partial charge in [-0.05, 0) is 128 Å². The lowest BCUT2D eigenvalue weighted by atomic mass is 9.88. The first-order chi connectivity index (χ1) is 22.6. The number of aryl methyl sites for hydroxylation is 2. The predicted octanol–water partition coefficient (Wildman–Crippen LogP) is 12.9. The van der Waals surface area contributed by atoms with Gasteiger partial charge in [-0.15, -0.1) is 0 Å². The molecule has 2 aromatic heterocycles. The number of hydrogen-bond donors (Lipinski definition) is 0. The number of benzene rings is 8. The highest BCUT2D eigenvalue weighted by molar-refractivity contribution is 6.26. The van der Waals surface area contributed by atoms with E-state index in [0.717, 1.165) is 43.9 Å². The third-order valence-corrected chi connectivity index (χ3v) is 9.96. The van der Waals surface area contributed by atoms with Gasteiger partial charge in [0.15, 0.2) is 0 Å². The van der Waals surface area contributed by atoms with Crippen LogP contribution in [0.3, 0.4) is 0 Å². The number of rotatable bonds is 2. The van der Waals surface area contributed by atoms with Crippen molar-refractivity contribution in [2.45, 2.75) is 13.8 Å². The molecule has 0 atom stereocenters. The maximum Gasteiger partial charge on any atom is 0.135 e. The van der Waals surface area contributed by atoms with E-state index in [-0.39, 0.29) is 0 Å². The van der Waals surface area contributed by atoms with Crippen LogP contribution in [-0.4, -0.2) is 0 Å². The van der Waals surface area contributed by atoms with E-state index in [1.54, 1.807) is 0 Å². The molecule has 0 saturated carbocycles. The molecule has 0 aliphatic rings. The SMILES string of the molecule is Cc1cc2c3cc(-c4ccc5oc6ccccc6c5c4)ccc3c3ccc(-c4ccc5oc6ccccc6c5c4)cc3c2cc1C. The smallest absolute Gasteiger partial charge is 0.135 e. The predicted molar refractivity (Wildman–Crippen MR) is 194 cm³/mol. The van der Waals surface area contributed by atoms with Crippen LogP contribution in [0, 0.1) is 13.8 Å². The molecule has 10 aromatic rings. The van der Waals surface area contributed by atoms with Gasteiger partial charge in [-0.3, -0.25) is 0 Å². The van der Waals surface area contributed by atoms with Gasteiger partial charge in [0.05, 0.1) is 0 Å². The summed E-state index contributed by atoms with van der Waals surface area (Å²) in [5.74, 6) is 0. The van der Waals surface area contributed by atoms with Crippen LogP contribution in [0.5, 0.6) is 0 Å². The van der Waals surface area contributed by atoms with E-state index in [0.29, 0.717) is 0 Å². The molecule has 2 heteroatoms. The van der Waals surface area contributed by atoms with Crippen molar-refractivity contribution in [1.82, 2.24) is 0 Å². The molecule has 0 fully saturated rings. The molecule has 2 nitrogen and oxygen atoms in total. The summed E-state index contributed by atoms with van der Waals surface area (Å²) >= 11 is 0. The minimum Gasteiger partial charge on any atom is -0.456 e. The van der Waals surface area contributed by atoms with Crippen molar-refractivity contribution in [3.8, 4) is 22.3 Å². The van der Waals surface area contributed by atoms with E-state index in [9.17, 15) is 0 Å². The van der Waals surface area contributed by atoms with Gasteiger partial charge >= 0.3 is 0 Å². The molecule has 216 valence electrons. The van der Waals surface area contributed by atoms with Gasteiger partial charge in [-0.2, -0.15) is 0 Å². The lowest BCUT2D eigenvalue weighted by molar-refractivity contribution is 0.668. The quantitative estimate of drug-likeness (QED) is 0.188. The van der Waals surface area contributed by atoms with Gasteiger partial charge in [0, 0.05) is 21.5 Å². The summed E-state index contributed by atoms with van der Waals surface area (Å²) in [5, 5.41) is 12.3. The topological polar surface area (TPSA) is 26.3 Å². The number of fused-ring (bicyclic) bond motifs is 12. The highest BCUT2D eigenvalue weighted by Crippen LogP contribution is 2.41. The summed E-state index contributed by atoms with van der Waals surface area (Å²) in [7, 11) is 0. The lowest BCUT2D eigenvalue weighted by Gasteiger charge is -2.15. The molecule has 0 aliphatic heterocycles. The first-order valence-corrected chi connectivity index (χ1v) is 15.8. The largest absolute Gasteiger partial charge is 0.456 e. The number of hydrogen-bond acceptors (Lipinski definition) is 2. The zero-order valence-electron chi connectivity index (χ0n) is 25.5. The van der Waals surface area contributed by atoms with E-state index >= 15 is 0 Å². The molecule has 0 N–H and O–H groups in total. The average molecular weight is 589 g/mol. The fraction of sp³-hybridized carbons (Fsp3) is 0.0455. The second kappa shape index (κ2) is 9.32. The molecule has 0 spiro atoms. The third kappa shape index (κ3) is 3.64. The average Bonchev–Trinajstić information content (AvgIpc) is 3.66. The number of para-hydroxylation sites is 2. The first kappa shape index (κ1) is 25.5. The molecule has 2 heterocycles. The normalized spacial score (nSPS) is 12.1. The van der Waals surface area contributed by atoms with Crippen molar-refractivity contribution in [3.05, 3.63) is 145 Å². The number of furan rings is 2. The second-order valence-electron chi connectivity index (χ2n) is 12.6. The monoisotopic (exact) mass is 588 g/mol. The molecule has 8 aromatic carbocycles. The van der Waals surface area contributed by atoms with Crippen LogP contribution >= 0.6 is 0 Å². The Bertz CT molecular complexity index is 2680. The summed E-state index contributed by atoms with van der Waals surface area (Å²) < 4.78 is 12.2. The van der Waals surface area contributed by atoms with Crippen molar-refractivity contribution in [2.24, 2.45) is 0 Å². The summed E-state index contributed by atoms with van der Waals surface area (Å²) in [4.78, 5) is 0. The van der Waals surface area contributed by atoms with E-state index in [1.165, 1.54) is 65.7 Å². The van der Waals surface area contributed by atoms with Crippen LogP contribution in [0.1, 0.15) is 11.1 Å². The second-order valence-corrected chi connectivity index (χ2v) is 12.6. The Morgan fingerprint density at radius 1 is 0.283 bits per heavy atom. The van der Waals surface area contributed by atoms with Crippen molar-refractivity contribution < 1.29 is 8.83 Å². The van der Waals surface area contributed by atoms with Crippen molar-refractivity contribution in [3.63, 3.8) is 0 Å². The van der Waals surface area contributed by atoms with Gasteiger partial charge < -0.3 is 8.83 Å². The van der Waals surface area contributed by atoms with Crippen LogP contribution in [0.2, 0.25) is 0 Å². The molecule has 0 amide bonds. The van der Waals surface area contributed by atoms with Gasteiger partial charge in [0.2, 0.25) is 0 Å². The zero-order valence-corrected chi connectivity index (χ0v) is 25.5. The van der Waals surface area contributed by atoms with Gasteiger partial charge in [-0.25, -0.2) is 0 Å². The Morgan fingerprint density at radius 3 is 1.09 bits per heavy atom. The summed E-state index contributed by atoms with van der Waals surface area (Å²) in [6.45, 7) is 4.43. The Morgan fingerprint density at radius 2 is 0.630 bits per heavy atom. The van der Waals surface area contributed by atoms with Crippen molar-refractivity contribution >= 4 is 76.2 Å². The van der Waals surface area contributed by atoms with Gasteiger partial charge in [-0.1, -0.05) is 84.9 Å². The van der Waals surface area contributed by atoms with Crippen LogP contribution in [0.25, 0.3) is 98.4 Å². The van der Waals surface area contributed by atoms with E-state index in [4.69, 9.17) is 8.83 Å². The molecule has 0 radical (unpaired) electrons. The molecule has 0 unspecified atom stereocenters. The lowest BCUT2D eigenvalue weighted by Crippen LogP contribution is -1.89. The molecule has 0 aliphatic carbocycles. The minimum absolute atomic E-state index is 0.921. The maximum atomic E-state index is 6.12. The Labute approximate surface area is 265 Å². The fourth-order valence-electron chi connectivity index (χ4n) is 7.44. The standard InChI is InChI=1S/C44H28O2/c1-25-19-35-36(20-26(25)2)38-22-28(30-14-18-44-40(24-30)34-8-4-6-10-42(34)46-44)12-16-32(38)31-15-11-27(21-37(31)35)29-13-17-43-39(23-29)33-7-3-5-9-41(33)45-43/h3-24H,1-2H3. The third-order valence-electron chi connectivity index (χ3n) is 9.96. The Kier molecular flexibility index (Phi) is 5.16. The molecule has 0 saturated heterocycles. The van der Waals surface area contributed by atoms with Gasteiger partial charge in [0.25, 0.3) is 0 Å². The zero-order chi connectivity index (χ0) is 30.5. The Balaban J connectivity index is 1.20. The van der Waals surface area contributed by atoms with Crippen LogP contribution < -0.4 is 0 Å². The molecule has 0 bridgehead atoms. The Hall–Kier alpha value is -5.86. The minimum atomic E-state index is 0.921. The fourth-order valence-corrected chi connectivity index (χ4v) is 7.44. The molecular weight excluding hydrogens is 560 g/mol. The summed E-state index contributed by atoms with van der Waals surface area (Å²) in [6.07, 6.45) is 0. The first-order valence-electron chi connectivity index (χ1n) is 15.8. The van der Waals surface area contributed by atoms with E-state index < -0.39 is 0 Å². The van der Waals surface area contributed by atoms with Crippen LogP contribution in [-0.2, 0) is 0 Å². The highest BCUT2D eigenvalue weighted by Gasteiger charge is 2.15. The highest BCUT2D eigenvalue weighted by atomic mass is 16.3. The van der Waals surface area contributed by atoms with Crippen LogP contribution in [0.15, 0.2) is 142 Å². The van der Waals surface area contributed by atoms with Crippen LogP contribution in [0.4, 0.5) is 0 Å². The molecule has 46 heavy (non-hydrogen) atoms. The summed E-state index contributed by atoms with van der Waals surface area (Å²) in [6, 6.07) is 48.3. The van der Waals surface area contributed by atoms with Crippen molar-refractivity contribution in [2.75, 3.05) is 0 Å². The van der Waals surface area contributed by atoms with Crippen molar-refractivity contribution in [1.29, 1.82) is 0 Å². The van der Waals surface area contributed by atoms with E-state index in [2.05, 4.69) is 123 Å². The van der Waals surface area contributed by atoms with Gasteiger partial charge in [0.1, 0.15) is 22.3 Å². The molecular formula is C44H28O2. The summed E-state index contributed by atoms with van der Waals surface area (Å²) in [5.41, 5.74) is 11.1.